The predicted molar refractivity (Wildman–Crippen MR) is 73.0 cm³/mol. The number of carboxylic acid groups (broad SMARTS) is 1. The molecule has 0 fully saturated rings. The molecule has 0 aliphatic carbocycles. The van der Waals surface area contributed by atoms with E-state index in [1.807, 2.05) is 20.0 Å². The Balaban J connectivity index is 2.44. The van der Waals surface area contributed by atoms with E-state index in [-0.39, 0.29) is 0 Å². The summed E-state index contributed by atoms with van der Waals surface area (Å²) in [4.78, 5) is 14.4. The van der Waals surface area contributed by atoms with E-state index in [1.165, 1.54) is 4.88 Å². The lowest BCUT2D eigenvalue weighted by Crippen LogP contribution is -2.31. The maximum atomic E-state index is 11.0. The van der Waals surface area contributed by atoms with Gasteiger partial charge in [0.25, 0.3) is 0 Å². The first-order valence-electron chi connectivity index (χ1n) is 6.14. The summed E-state index contributed by atoms with van der Waals surface area (Å²) < 4.78 is 5.20. The van der Waals surface area contributed by atoms with Crippen LogP contribution in [0.5, 0.6) is 0 Å². The molecule has 0 spiro atoms. The number of nitrogens with zero attached hydrogens (tertiary/aromatic N) is 1. The quantitative estimate of drug-likeness (QED) is 0.789. The molecule has 0 aliphatic heterocycles. The van der Waals surface area contributed by atoms with E-state index in [0.29, 0.717) is 25.6 Å². The lowest BCUT2D eigenvalue weighted by atomic mass is 10.2. The Kier molecular flexibility index (Phi) is 6.32. The minimum absolute atomic E-state index is 0.307. The first kappa shape index (κ1) is 15.1. The number of rotatable bonds is 8. The molecule has 0 bridgehead atoms. The summed E-state index contributed by atoms with van der Waals surface area (Å²) in [6.45, 7) is 5.08. The Labute approximate surface area is 112 Å². The summed E-state index contributed by atoms with van der Waals surface area (Å²) in [5.41, 5.74) is 0. The van der Waals surface area contributed by atoms with Gasteiger partial charge < -0.3 is 9.84 Å². The molecule has 1 aromatic rings. The highest BCUT2D eigenvalue weighted by atomic mass is 32.1. The zero-order valence-electron chi connectivity index (χ0n) is 11.1. The third-order valence-corrected chi connectivity index (χ3v) is 4.05. The number of carboxylic acids is 1. The molecular formula is C13H21NO3S. The van der Waals surface area contributed by atoms with Crippen molar-refractivity contribution in [3.8, 4) is 0 Å². The van der Waals surface area contributed by atoms with Gasteiger partial charge in [0.15, 0.2) is 6.10 Å². The standard InChI is InChI=1S/C13H21NO3S/c1-4-17-11(13(15)16)7-8-14(3)10(2)12-6-5-9-18-12/h5-6,9-11H,4,7-8H2,1-3H3,(H,15,16). The second-order valence-electron chi connectivity index (χ2n) is 4.24. The molecule has 0 radical (unpaired) electrons. The number of thiophene rings is 1. The molecule has 18 heavy (non-hydrogen) atoms. The van der Waals surface area contributed by atoms with E-state index in [9.17, 15) is 4.79 Å². The molecule has 0 aromatic carbocycles. The normalized spacial score (nSPS) is 14.7. The Bertz CT molecular complexity index is 353. The molecule has 0 saturated carbocycles. The van der Waals surface area contributed by atoms with Gasteiger partial charge in [0.2, 0.25) is 0 Å². The van der Waals surface area contributed by atoms with Crippen LogP contribution in [0.1, 0.15) is 31.2 Å². The first-order chi connectivity index (χ1) is 8.56. The summed E-state index contributed by atoms with van der Waals surface area (Å²) >= 11 is 1.72. The van der Waals surface area contributed by atoms with Gasteiger partial charge in [-0.15, -0.1) is 11.3 Å². The van der Waals surface area contributed by atoms with E-state index < -0.39 is 12.1 Å². The summed E-state index contributed by atoms with van der Waals surface area (Å²) in [5.74, 6) is -0.881. The summed E-state index contributed by atoms with van der Waals surface area (Å²) in [6.07, 6.45) is -0.192. The van der Waals surface area contributed by atoms with Crippen LogP contribution in [-0.2, 0) is 9.53 Å². The smallest absolute Gasteiger partial charge is 0.332 e. The molecule has 1 aromatic heterocycles. The highest BCUT2D eigenvalue weighted by molar-refractivity contribution is 7.10. The highest BCUT2D eigenvalue weighted by Gasteiger charge is 2.20. The van der Waals surface area contributed by atoms with Crippen molar-refractivity contribution < 1.29 is 14.6 Å². The highest BCUT2D eigenvalue weighted by Crippen LogP contribution is 2.23. The van der Waals surface area contributed by atoms with Gasteiger partial charge in [-0.25, -0.2) is 4.79 Å². The fourth-order valence-corrected chi connectivity index (χ4v) is 2.59. The van der Waals surface area contributed by atoms with Gasteiger partial charge in [-0.2, -0.15) is 0 Å². The fraction of sp³-hybridized carbons (Fsp3) is 0.615. The minimum atomic E-state index is -0.881. The van der Waals surface area contributed by atoms with Gasteiger partial charge in [-0.1, -0.05) is 6.07 Å². The maximum Gasteiger partial charge on any atom is 0.332 e. The van der Waals surface area contributed by atoms with Crippen LogP contribution in [0.15, 0.2) is 17.5 Å². The van der Waals surface area contributed by atoms with Gasteiger partial charge in [0.05, 0.1) is 0 Å². The Morgan fingerprint density at radius 1 is 1.61 bits per heavy atom. The molecule has 1 heterocycles. The third-order valence-electron chi connectivity index (χ3n) is 3.00. The van der Waals surface area contributed by atoms with Crippen molar-refractivity contribution in [2.75, 3.05) is 20.2 Å². The first-order valence-corrected chi connectivity index (χ1v) is 7.02. The van der Waals surface area contributed by atoms with Crippen LogP contribution in [0.3, 0.4) is 0 Å². The van der Waals surface area contributed by atoms with Crippen LogP contribution in [0, 0.1) is 0 Å². The predicted octanol–water partition coefficient (Wildman–Crippen LogP) is 2.62. The second-order valence-corrected chi connectivity index (χ2v) is 5.22. The van der Waals surface area contributed by atoms with Crippen LogP contribution in [0.25, 0.3) is 0 Å². The average molecular weight is 271 g/mol. The number of aliphatic carboxylic acids is 1. The van der Waals surface area contributed by atoms with Crippen molar-refractivity contribution >= 4 is 17.3 Å². The molecule has 4 nitrogen and oxygen atoms in total. The largest absolute Gasteiger partial charge is 0.479 e. The van der Waals surface area contributed by atoms with Crippen molar-refractivity contribution in [3.05, 3.63) is 22.4 Å². The van der Waals surface area contributed by atoms with E-state index in [0.717, 1.165) is 0 Å². The lowest BCUT2D eigenvalue weighted by Gasteiger charge is -2.25. The zero-order valence-corrected chi connectivity index (χ0v) is 11.9. The van der Waals surface area contributed by atoms with Crippen molar-refractivity contribution in [1.29, 1.82) is 0 Å². The van der Waals surface area contributed by atoms with Crippen molar-refractivity contribution in [2.45, 2.75) is 32.4 Å². The molecule has 0 saturated heterocycles. The molecule has 1 rings (SSSR count). The topological polar surface area (TPSA) is 49.8 Å². The molecule has 0 aliphatic rings. The maximum absolute atomic E-state index is 11.0. The van der Waals surface area contributed by atoms with Crippen molar-refractivity contribution in [1.82, 2.24) is 4.90 Å². The van der Waals surface area contributed by atoms with Gasteiger partial charge in [-0.05, 0) is 38.8 Å². The third kappa shape index (κ3) is 4.40. The number of ether oxygens (including phenoxy) is 1. The van der Waals surface area contributed by atoms with Crippen LogP contribution < -0.4 is 0 Å². The van der Waals surface area contributed by atoms with Crippen LogP contribution >= 0.6 is 11.3 Å². The average Bonchev–Trinajstić information content (AvgIpc) is 2.86. The van der Waals surface area contributed by atoms with E-state index in [2.05, 4.69) is 23.3 Å². The van der Waals surface area contributed by atoms with Crippen LogP contribution in [-0.4, -0.2) is 42.3 Å². The van der Waals surface area contributed by atoms with E-state index >= 15 is 0 Å². The molecule has 1 N–H and O–H groups in total. The second kappa shape index (κ2) is 7.51. The zero-order chi connectivity index (χ0) is 13.5. The Hall–Kier alpha value is -0.910. The monoisotopic (exact) mass is 271 g/mol. The van der Waals surface area contributed by atoms with Gasteiger partial charge in [0.1, 0.15) is 0 Å². The van der Waals surface area contributed by atoms with Gasteiger partial charge >= 0.3 is 5.97 Å². The van der Waals surface area contributed by atoms with Crippen LogP contribution in [0.4, 0.5) is 0 Å². The number of hydrogen-bond acceptors (Lipinski definition) is 4. The molecule has 0 amide bonds. The minimum Gasteiger partial charge on any atom is -0.479 e. The molecule has 2 atom stereocenters. The van der Waals surface area contributed by atoms with Crippen LogP contribution in [0.2, 0.25) is 0 Å². The van der Waals surface area contributed by atoms with Gasteiger partial charge in [0, 0.05) is 24.1 Å². The molecular weight excluding hydrogens is 250 g/mol. The van der Waals surface area contributed by atoms with Crippen molar-refractivity contribution in [3.63, 3.8) is 0 Å². The summed E-state index contributed by atoms with van der Waals surface area (Å²) in [7, 11) is 2.01. The van der Waals surface area contributed by atoms with E-state index in [1.54, 1.807) is 11.3 Å². The summed E-state index contributed by atoms with van der Waals surface area (Å²) in [5, 5.41) is 11.1. The van der Waals surface area contributed by atoms with E-state index in [4.69, 9.17) is 9.84 Å². The van der Waals surface area contributed by atoms with Crippen molar-refractivity contribution in [2.24, 2.45) is 0 Å². The number of hydrogen-bond donors (Lipinski definition) is 1. The molecule has 5 heteroatoms. The molecule has 2 unspecified atom stereocenters. The molecule has 102 valence electrons. The fourth-order valence-electron chi connectivity index (χ4n) is 1.74. The Morgan fingerprint density at radius 2 is 2.33 bits per heavy atom. The van der Waals surface area contributed by atoms with Gasteiger partial charge in [-0.3, -0.25) is 4.90 Å². The lowest BCUT2D eigenvalue weighted by molar-refractivity contribution is -0.150. The number of carbonyl (C=O) groups is 1. The Morgan fingerprint density at radius 3 is 2.83 bits per heavy atom. The SMILES string of the molecule is CCOC(CCN(C)C(C)c1cccs1)C(=O)O. The summed E-state index contributed by atoms with van der Waals surface area (Å²) in [6, 6.07) is 4.44.